The number of pyridine rings is 1. The molecule has 128 valence electrons. The van der Waals surface area contributed by atoms with Crippen molar-refractivity contribution in [1.82, 2.24) is 9.88 Å². The Balaban J connectivity index is 1.80. The van der Waals surface area contributed by atoms with Crippen LogP contribution >= 0.6 is 11.8 Å². The van der Waals surface area contributed by atoms with E-state index in [1.54, 1.807) is 30.1 Å². The first kappa shape index (κ1) is 16.1. The van der Waals surface area contributed by atoms with Crippen LogP contribution in [0.3, 0.4) is 0 Å². The highest BCUT2D eigenvalue weighted by Gasteiger charge is 2.45. The minimum Gasteiger partial charge on any atom is -0.338 e. The maximum atomic E-state index is 11.2. The zero-order valence-corrected chi connectivity index (χ0v) is 14.6. The standard InChI is InChI=1S/C18H18N4O2S/c1-2-13-11-25-18-20-16(15-8-3-4-9-19-15)17(21(13)18)12-6-5-7-14(10-12)22(23)24/h3-10,13,16-17H,2,11H2,1H3. The third-order valence-electron chi connectivity index (χ3n) is 4.75. The van der Waals surface area contributed by atoms with Gasteiger partial charge in [0.15, 0.2) is 5.17 Å². The van der Waals surface area contributed by atoms with E-state index in [1.807, 2.05) is 24.3 Å². The summed E-state index contributed by atoms with van der Waals surface area (Å²) in [6.45, 7) is 2.17. The highest BCUT2D eigenvalue weighted by Crippen LogP contribution is 2.48. The van der Waals surface area contributed by atoms with Gasteiger partial charge < -0.3 is 4.90 Å². The van der Waals surface area contributed by atoms with Crippen LogP contribution < -0.4 is 0 Å². The number of aliphatic imine (C=N–C) groups is 1. The van der Waals surface area contributed by atoms with Crippen molar-refractivity contribution in [2.75, 3.05) is 5.75 Å². The molecule has 0 amide bonds. The third-order valence-corrected chi connectivity index (χ3v) is 5.88. The second-order valence-corrected chi connectivity index (χ2v) is 7.18. The molecule has 1 saturated heterocycles. The van der Waals surface area contributed by atoms with Gasteiger partial charge in [0.1, 0.15) is 6.04 Å². The SMILES string of the molecule is CCC1CSC2=NC(c3ccccn3)C(c3cccc([N+](=O)[O-])c3)N21. The Hall–Kier alpha value is -2.41. The molecule has 2 aromatic rings. The molecular weight excluding hydrogens is 336 g/mol. The fourth-order valence-corrected chi connectivity index (χ4v) is 4.87. The Morgan fingerprint density at radius 2 is 2.20 bits per heavy atom. The van der Waals surface area contributed by atoms with E-state index in [2.05, 4.69) is 16.8 Å². The number of aromatic nitrogens is 1. The maximum Gasteiger partial charge on any atom is 0.269 e. The molecule has 0 saturated carbocycles. The number of nitro benzene ring substituents is 1. The molecule has 3 heterocycles. The Labute approximate surface area is 150 Å². The third kappa shape index (κ3) is 2.78. The quantitative estimate of drug-likeness (QED) is 0.614. The minimum absolute atomic E-state index is 0.0512. The van der Waals surface area contributed by atoms with Crippen molar-refractivity contribution in [3.05, 3.63) is 70.0 Å². The van der Waals surface area contributed by atoms with Gasteiger partial charge in [0, 0.05) is 30.1 Å². The number of thioether (sulfide) groups is 1. The number of hydrogen-bond acceptors (Lipinski definition) is 6. The summed E-state index contributed by atoms with van der Waals surface area (Å²) >= 11 is 1.77. The average Bonchev–Trinajstić information content (AvgIpc) is 3.21. The first-order chi connectivity index (χ1) is 12.2. The fraction of sp³-hybridized carbons (Fsp3) is 0.333. The number of benzene rings is 1. The molecule has 2 aliphatic heterocycles. The Bertz CT molecular complexity index is 827. The second-order valence-electron chi connectivity index (χ2n) is 6.19. The Morgan fingerprint density at radius 3 is 2.92 bits per heavy atom. The van der Waals surface area contributed by atoms with Crippen molar-refractivity contribution in [3.8, 4) is 0 Å². The molecule has 25 heavy (non-hydrogen) atoms. The first-order valence-corrected chi connectivity index (χ1v) is 9.32. The molecule has 0 spiro atoms. The molecule has 0 N–H and O–H groups in total. The van der Waals surface area contributed by atoms with Crippen molar-refractivity contribution in [1.29, 1.82) is 0 Å². The Morgan fingerprint density at radius 1 is 1.32 bits per heavy atom. The highest BCUT2D eigenvalue weighted by molar-refractivity contribution is 8.14. The molecule has 7 heteroatoms. The summed E-state index contributed by atoms with van der Waals surface area (Å²) in [6, 6.07) is 13.0. The molecule has 1 aromatic carbocycles. The molecule has 0 aliphatic carbocycles. The zero-order valence-electron chi connectivity index (χ0n) is 13.8. The van der Waals surface area contributed by atoms with Crippen LogP contribution in [0.5, 0.6) is 0 Å². The van der Waals surface area contributed by atoms with Crippen molar-refractivity contribution >= 4 is 22.6 Å². The number of hydrogen-bond donors (Lipinski definition) is 0. The molecule has 3 atom stereocenters. The molecule has 2 aliphatic rings. The predicted molar refractivity (Wildman–Crippen MR) is 98.6 cm³/mol. The molecule has 1 fully saturated rings. The van der Waals surface area contributed by atoms with E-state index in [-0.39, 0.29) is 22.7 Å². The number of nitro groups is 1. The molecule has 3 unspecified atom stereocenters. The number of fused-ring (bicyclic) bond motifs is 1. The summed E-state index contributed by atoms with van der Waals surface area (Å²) in [5, 5.41) is 12.2. The first-order valence-electron chi connectivity index (χ1n) is 8.33. The topological polar surface area (TPSA) is 71.6 Å². The summed E-state index contributed by atoms with van der Waals surface area (Å²) in [5.74, 6) is 1.01. The van der Waals surface area contributed by atoms with E-state index >= 15 is 0 Å². The summed E-state index contributed by atoms with van der Waals surface area (Å²) in [7, 11) is 0. The van der Waals surface area contributed by atoms with Gasteiger partial charge in [0.2, 0.25) is 0 Å². The van der Waals surface area contributed by atoms with E-state index in [0.717, 1.165) is 28.6 Å². The smallest absolute Gasteiger partial charge is 0.269 e. The molecular formula is C18H18N4O2S. The lowest BCUT2D eigenvalue weighted by Gasteiger charge is -2.31. The van der Waals surface area contributed by atoms with Gasteiger partial charge in [-0.15, -0.1) is 0 Å². The molecule has 0 radical (unpaired) electrons. The molecule has 6 nitrogen and oxygen atoms in total. The van der Waals surface area contributed by atoms with Gasteiger partial charge in [-0.05, 0) is 24.1 Å². The van der Waals surface area contributed by atoms with Crippen LogP contribution in [0.4, 0.5) is 5.69 Å². The van der Waals surface area contributed by atoms with Gasteiger partial charge in [-0.1, -0.05) is 36.9 Å². The van der Waals surface area contributed by atoms with Crippen molar-refractivity contribution in [2.24, 2.45) is 4.99 Å². The van der Waals surface area contributed by atoms with E-state index in [1.165, 1.54) is 6.07 Å². The lowest BCUT2D eigenvalue weighted by atomic mass is 9.95. The van der Waals surface area contributed by atoms with Crippen LogP contribution in [-0.4, -0.2) is 31.8 Å². The van der Waals surface area contributed by atoms with Crippen molar-refractivity contribution < 1.29 is 4.92 Å². The monoisotopic (exact) mass is 354 g/mol. The van der Waals surface area contributed by atoms with Crippen LogP contribution in [-0.2, 0) is 0 Å². The average molecular weight is 354 g/mol. The van der Waals surface area contributed by atoms with Gasteiger partial charge >= 0.3 is 0 Å². The zero-order chi connectivity index (χ0) is 17.4. The van der Waals surface area contributed by atoms with E-state index in [4.69, 9.17) is 4.99 Å². The lowest BCUT2D eigenvalue weighted by molar-refractivity contribution is -0.385. The number of nitrogens with zero attached hydrogens (tertiary/aromatic N) is 4. The summed E-state index contributed by atoms with van der Waals surface area (Å²) < 4.78 is 0. The largest absolute Gasteiger partial charge is 0.338 e. The van der Waals surface area contributed by atoms with E-state index in [9.17, 15) is 10.1 Å². The number of non-ortho nitro benzene ring substituents is 1. The molecule has 0 bridgehead atoms. The maximum absolute atomic E-state index is 11.2. The van der Waals surface area contributed by atoms with Gasteiger partial charge in [-0.25, -0.2) is 0 Å². The van der Waals surface area contributed by atoms with Crippen LogP contribution in [0, 0.1) is 10.1 Å². The van der Waals surface area contributed by atoms with Crippen LogP contribution in [0.15, 0.2) is 53.7 Å². The van der Waals surface area contributed by atoms with E-state index < -0.39 is 0 Å². The highest BCUT2D eigenvalue weighted by atomic mass is 32.2. The lowest BCUT2D eigenvalue weighted by Crippen LogP contribution is -2.35. The van der Waals surface area contributed by atoms with Crippen molar-refractivity contribution in [3.63, 3.8) is 0 Å². The minimum atomic E-state index is -0.341. The van der Waals surface area contributed by atoms with Gasteiger partial charge in [-0.3, -0.25) is 20.1 Å². The summed E-state index contributed by atoms with van der Waals surface area (Å²) in [6.07, 6.45) is 2.79. The van der Waals surface area contributed by atoms with Crippen LogP contribution in [0.2, 0.25) is 0 Å². The second kappa shape index (κ2) is 6.48. The summed E-state index contributed by atoms with van der Waals surface area (Å²) in [4.78, 5) is 22.6. The predicted octanol–water partition coefficient (Wildman–Crippen LogP) is 3.97. The normalized spacial score (nSPS) is 24.9. The number of rotatable bonds is 4. The fourth-order valence-electron chi connectivity index (χ4n) is 3.53. The summed E-state index contributed by atoms with van der Waals surface area (Å²) in [5.41, 5.74) is 1.94. The van der Waals surface area contributed by atoms with Gasteiger partial charge in [0.25, 0.3) is 5.69 Å². The molecule has 1 aromatic heterocycles. The van der Waals surface area contributed by atoms with Crippen molar-refractivity contribution in [2.45, 2.75) is 31.5 Å². The van der Waals surface area contributed by atoms with E-state index in [0.29, 0.717) is 6.04 Å². The van der Waals surface area contributed by atoms with Crippen LogP contribution in [0.25, 0.3) is 0 Å². The van der Waals surface area contributed by atoms with Crippen LogP contribution in [0.1, 0.15) is 36.7 Å². The molecule has 4 rings (SSSR count). The Kier molecular flexibility index (Phi) is 4.17. The van der Waals surface area contributed by atoms with Gasteiger partial charge in [-0.2, -0.15) is 0 Å². The number of amidine groups is 1. The van der Waals surface area contributed by atoms with Gasteiger partial charge in [0.05, 0.1) is 16.7 Å².